The molecule has 1 amide bonds. The molecule has 0 N–H and O–H groups in total. The number of carbonyl (C=O) groups is 1. The van der Waals surface area contributed by atoms with Crippen LogP contribution in [-0.4, -0.2) is 37.0 Å². The van der Waals surface area contributed by atoms with Gasteiger partial charge >= 0.3 is 0 Å². The van der Waals surface area contributed by atoms with E-state index in [-0.39, 0.29) is 5.91 Å². The van der Waals surface area contributed by atoms with Gasteiger partial charge in [0.25, 0.3) is 5.91 Å². The Bertz CT molecular complexity index is 698. The molecule has 120 valence electrons. The Hall–Kier alpha value is -2.29. The molecule has 1 heterocycles. The van der Waals surface area contributed by atoms with Gasteiger partial charge in [0.05, 0.1) is 0 Å². The molecular weight excluding hydrogens is 284 g/mol. The lowest BCUT2D eigenvalue weighted by Crippen LogP contribution is -2.49. The van der Waals surface area contributed by atoms with Crippen molar-refractivity contribution >= 4 is 11.6 Å². The van der Waals surface area contributed by atoms with Crippen LogP contribution >= 0.6 is 0 Å². The molecule has 0 atom stereocenters. The number of carbonyl (C=O) groups excluding carboxylic acids is 1. The number of rotatable bonds is 2. The van der Waals surface area contributed by atoms with Gasteiger partial charge in [-0.3, -0.25) is 4.79 Å². The van der Waals surface area contributed by atoms with E-state index in [1.165, 1.54) is 22.4 Å². The van der Waals surface area contributed by atoms with Crippen LogP contribution in [0.5, 0.6) is 0 Å². The maximum absolute atomic E-state index is 12.6. The van der Waals surface area contributed by atoms with Crippen molar-refractivity contribution in [1.29, 1.82) is 0 Å². The van der Waals surface area contributed by atoms with E-state index in [9.17, 15) is 4.79 Å². The van der Waals surface area contributed by atoms with Crippen molar-refractivity contribution in [2.45, 2.75) is 20.8 Å². The molecule has 3 nitrogen and oxygen atoms in total. The summed E-state index contributed by atoms with van der Waals surface area (Å²) in [5, 5.41) is 0. The highest BCUT2D eigenvalue weighted by Crippen LogP contribution is 2.23. The smallest absolute Gasteiger partial charge is 0.253 e. The first kappa shape index (κ1) is 15.6. The zero-order chi connectivity index (χ0) is 16.4. The number of nitrogens with zero attached hydrogens (tertiary/aromatic N) is 2. The second-order valence-electron chi connectivity index (χ2n) is 6.44. The lowest BCUT2D eigenvalue weighted by molar-refractivity contribution is 0.0747. The predicted molar refractivity (Wildman–Crippen MR) is 95.2 cm³/mol. The molecule has 0 aliphatic carbocycles. The van der Waals surface area contributed by atoms with Crippen LogP contribution in [0.1, 0.15) is 27.0 Å². The monoisotopic (exact) mass is 308 g/mol. The first-order valence-electron chi connectivity index (χ1n) is 8.23. The third-order valence-electron chi connectivity index (χ3n) is 4.56. The van der Waals surface area contributed by atoms with Crippen molar-refractivity contribution in [2.24, 2.45) is 0 Å². The molecule has 0 unspecified atom stereocenters. The van der Waals surface area contributed by atoms with Crippen LogP contribution in [0.2, 0.25) is 0 Å². The molecule has 1 aliphatic rings. The second-order valence-corrected chi connectivity index (χ2v) is 6.44. The molecule has 23 heavy (non-hydrogen) atoms. The summed E-state index contributed by atoms with van der Waals surface area (Å²) in [5.74, 6) is 0.144. The quantitative estimate of drug-likeness (QED) is 0.846. The van der Waals surface area contributed by atoms with Crippen LogP contribution < -0.4 is 4.90 Å². The first-order valence-corrected chi connectivity index (χ1v) is 8.23. The van der Waals surface area contributed by atoms with E-state index in [0.29, 0.717) is 0 Å². The lowest BCUT2D eigenvalue weighted by Gasteiger charge is -2.37. The Morgan fingerprint density at radius 3 is 2.04 bits per heavy atom. The van der Waals surface area contributed by atoms with Gasteiger partial charge in [0.2, 0.25) is 0 Å². The Morgan fingerprint density at radius 1 is 0.826 bits per heavy atom. The topological polar surface area (TPSA) is 23.6 Å². The molecule has 0 radical (unpaired) electrons. The van der Waals surface area contributed by atoms with E-state index in [0.717, 1.165) is 31.7 Å². The van der Waals surface area contributed by atoms with Crippen LogP contribution in [0.4, 0.5) is 5.69 Å². The van der Waals surface area contributed by atoms with Crippen molar-refractivity contribution in [1.82, 2.24) is 4.90 Å². The molecule has 3 rings (SSSR count). The molecule has 0 saturated carbocycles. The van der Waals surface area contributed by atoms with Crippen LogP contribution in [-0.2, 0) is 0 Å². The van der Waals surface area contributed by atoms with E-state index < -0.39 is 0 Å². The summed E-state index contributed by atoms with van der Waals surface area (Å²) in [7, 11) is 0. The third kappa shape index (κ3) is 3.39. The van der Waals surface area contributed by atoms with Gasteiger partial charge in [0.1, 0.15) is 0 Å². The van der Waals surface area contributed by atoms with Crippen LogP contribution in [0, 0.1) is 20.8 Å². The average molecular weight is 308 g/mol. The summed E-state index contributed by atoms with van der Waals surface area (Å²) >= 11 is 0. The summed E-state index contributed by atoms with van der Waals surface area (Å²) in [6.07, 6.45) is 0. The molecule has 0 spiro atoms. The minimum Gasteiger partial charge on any atom is -0.368 e. The first-order chi connectivity index (χ1) is 11.0. The molecule has 3 heteroatoms. The fourth-order valence-corrected chi connectivity index (χ4v) is 3.19. The Kier molecular flexibility index (Phi) is 4.37. The number of hydrogen-bond acceptors (Lipinski definition) is 2. The molecule has 1 fully saturated rings. The van der Waals surface area contributed by atoms with Crippen molar-refractivity contribution in [3.8, 4) is 0 Å². The molecule has 0 aromatic heterocycles. The summed E-state index contributed by atoms with van der Waals surface area (Å²) < 4.78 is 0. The van der Waals surface area contributed by atoms with E-state index >= 15 is 0 Å². The Morgan fingerprint density at radius 2 is 1.43 bits per heavy atom. The van der Waals surface area contributed by atoms with Gasteiger partial charge < -0.3 is 9.80 Å². The highest BCUT2D eigenvalue weighted by atomic mass is 16.2. The Labute approximate surface area is 138 Å². The van der Waals surface area contributed by atoms with Gasteiger partial charge in [-0.15, -0.1) is 0 Å². The third-order valence-corrected chi connectivity index (χ3v) is 4.56. The summed E-state index contributed by atoms with van der Waals surface area (Å²) in [6.45, 7) is 9.65. The van der Waals surface area contributed by atoms with Gasteiger partial charge in [0.15, 0.2) is 0 Å². The fraction of sp³-hybridized carbons (Fsp3) is 0.350. The number of hydrogen-bond donors (Lipinski definition) is 0. The molecular formula is C20H24N2O. The Balaban J connectivity index is 1.66. The van der Waals surface area contributed by atoms with Gasteiger partial charge in [-0.05, 0) is 44.5 Å². The predicted octanol–water partition coefficient (Wildman–Crippen LogP) is 3.57. The minimum atomic E-state index is 0.144. The SMILES string of the molecule is Cc1ccc(C(=O)N2CCN(c3ccc(C)cc3C)CC2)cc1. The zero-order valence-electron chi connectivity index (χ0n) is 14.2. The molecule has 1 aliphatic heterocycles. The standard InChI is InChI=1S/C20H24N2O/c1-15-4-7-18(8-5-15)20(23)22-12-10-21(11-13-22)19-9-6-16(2)14-17(19)3/h4-9,14H,10-13H2,1-3H3. The van der Waals surface area contributed by atoms with E-state index in [1.54, 1.807) is 0 Å². The van der Waals surface area contributed by atoms with Crippen LogP contribution in [0.3, 0.4) is 0 Å². The molecule has 2 aromatic rings. The van der Waals surface area contributed by atoms with Crippen molar-refractivity contribution in [2.75, 3.05) is 31.1 Å². The fourth-order valence-electron chi connectivity index (χ4n) is 3.19. The lowest BCUT2D eigenvalue weighted by atomic mass is 10.1. The number of benzene rings is 2. The number of anilines is 1. The minimum absolute atomic E-state index is 0.144. The number of aryl methyl sites for hydroxylation is 3. The van der Waals surface area contributed by atoms with Crippen molar-refractivity contribution in [3.05, 3.63) is 64.7 Å². The molecule has 1 saturated heterocycles. The zero-order valence-corrected chi connectivity index (χ0v) is 14.2. The maximum atomic E-state index is 12.6. The maximum Gasteiger partial charge on any atom is 0.253 e. The number of piperazine rings is 1. The molecule has 0 bridgehead atoms. The van der Waals surface area contributed by atoms with Crippen LogP contribution in [0.15, 0.2) is 42.5 Å². The van der Waals surface area contributed by atoms with Crippen LogP contribution in [0.25, 0.3) is 0 Å². The summed E-state index contributed by atoms with van der Waals surface area (Å²) in [5.41, 5.74) is 5.86. The van der Waals surface area contributed by atoms with Crippen molar-refractivity contribution in [3.63, 3.8) is 0 Å². The highest BCUT2D eigenvalue weighted by molar-refractivity contribution is 5.94. The van der Waals surface area contributed by atoms with Gasteiger partial charge in [-0.25, -0.2) is 0 Å². The van der Waals surface area contributed by atoms with Gasteiger partial charge in [0, 0.05) is 37.4 Å². The van der Waals surface area contributed by atoms with Gasteiger partial charge in [-0.2, -0.15) is 0 Å². The van der Waals surface area contributed by atoms with Crippen molar-refractivity contribution < 1.29 is 4.79 Å². The van der Waals surface area contributed by atoms with E-state index in [2.05, 4.69) is 36.9 Å². The molecule has 2 aromatic carbocycles. The largest absolute Gasteiger partial charge is 0.368 e. The van der Waals surface area contributed by atoms with E-state index in [1.807, 2.05) is 36.1 Å². The summed E-state index contributed by atoms with van der Waals surface area (Å²) in [4.78, 5) is 16.9. The second kappa shape index (κ2) is 6.45. The normalized spacial score (nSPS) is 14.9. The van der Waals surface area contributed by atoms with E-state index in [4.69, 9.17) is 0 Å². The van der Waals surface area contributed by atoms with Gasteiger partial charge in [-0.1, -0.05) is 35.4 Å². The summed E-state index contributed by atoms with van der Waals surface area (Å²) in [6, 6.07) is 14.4. The average Bonchev–Trinajstić information content (AvgIpc) is 2.55. The highest BCUT2D eigenvalue weighted by Gasteiger charge is 2.22. The number of amides is 1.